The summed E-state index contributed by atoms with van der Waals surface area (Å²) in [5.41, 5.74) is 10.7. The van der Waals surface area contributed by atoms with Crippen molar-refractivity contribution in [1.82, 2.24) is 0 Å². The van der Waals surface area contributed by atoms with Crippen molar-refractivity contribution in [3.05, 3.63) is 36.4 Å². The van der Waals surface area contributed by atoms with Gasteiger partial charge in [0.1, 0.15) is 30.4 Å². The third-order valence-corrected chi connectivity index (χ3v) is 2.48. The van der Waals surface area contributed by atoms with Gasteiger partial charge in [0.25, 0.3) is 0 Å². The number of benzene rings is 1. The molecule has 0 aliphatic rings. The van der Waals surface area contributed by atoms with Crippen LogP contribution in [-0.2, 0) is 0 Å². The number of nitrogens with two attached hydrogens (primary N) is 1. The van der Waals surface area contributed by atoms with Crippen molar-refractivity contribution in [3.8, 4) is 11.5 Å². The van der Waals surface area contributed by atoms with E-state index in [0.717, 1.165) is 0 Å². The Labute approximate surface area is 118 Å². The van der Waals surface area contributed by atoms with Gasteiger partial charge in [0.15, 0.2) is 0 Å². The van der Waals surface area contributed by atoms with E-state index in [4.69, 9.17) is 20.8 Å². The lowest BCUT2D eigenvalue weighted by atomic mass is 10.2. The van der Waals surface area contributed by atoms with E-state index in [-0.39, 0.29) is 0 Å². The van der Waals surface area contributed by atoms with Crippen molar-refractivity contribution in [1.29, 1.82) is 5.53 Å². The number of hydrogen-bond acceptors (Lipinski definition) is 6. The molecule has 6 nitrogen and oxygen atoms in total. The number of nitrogens with zero attached hydrogens (tertiary/aromatic N) is 1. The molecule has 0 atom stereocenters. The van der Waals surface area contributed by atoms with Gasteiger partial charge in [0, 0.05) is 12.1 Å². The second kappa shape index (κ2) is 8.71. The summed E-state index contributed by atoms with van der Waals surface area (Å²) < 4.78 is 11.1. The van der Waals surface area contributed by atoms with E-state index >= 15 is 0 Å². The van der Waals surface area contributed by atoms with Crippen LogP contribution in [0.1, 0.15) is 13.8 Å². The van der Waals surface area contributed by atoms with E-state index in [0.29, 0.717) is 36.1 Å². The van der Waals surface area contributed by atoms with Gasteiger partial charge in [-0.15, -0.1) is 0 Å². The SMILES string of the molecule is CC=CCOc1cc(NN)c(OCC=CC)cc1N=N. The van der Waals surface area contributed by atoms with E-state index in [2.05, 4.69) is 10.5 Å². The maximum absolute atomic E-state index is 7.21. The zero-order valence-corrected chi connectivity index (χ0v) is 11.7. The van der Waals surface area contributed by atoms with Crippen LogP contribution < -0.4 is 20.7 Å². The number of ether oxygens (including phenoxy) is 2. The maximum Gasteiger partial charge on any atom is 0.149 e. The Kier molecular flexibility index (Phi) is 6.84. The normalized spacial score (nSPS) is 10.9. The quantitative estimate of drug-likeness (QED) is 0.293. The van der Waals surface area contributed by atoms with E-state index in [1.54, 1.807) is 12.1 Å². The molecule has 0 spiro atoms. The van der Waals surface area contributed by atoms with Crippen molar-refractivity contribution < 1.29 is 9.47 Å². The van der Waals surface area contributed by atoms with Gasteiger partial charge < -0.3 is 14.9 Å². The molecule has 0 radical (unpaired) electrons. The fourth-order valence-corrected chi connectivity index (χ4v) is 1.45. The van der Waals surface area contributed by atoms with Gasteiger partial charge in [-0.3, -0.25) is 5.84 Å². The van der Waals surface area contributed by atoms with Crippen LogP contribution in [0.4, 0.5) is 11.4 Å². The van der Waals surface area contributed by atoms with Crippen LogP contribution in [0.15, 0.2) is 41.6 Å². The van der Waals surface area contributed by atoms with E-state index in [1.165, 1.54) is 0 Å². The minimum Gasteiger partial charge on any atom is -0.487 e. The Morgan fingerprint density at radius 1 is 1.15 bits per heavy atom. The van der Waals surface area contributed by atoms with Gasteiger partial charge in [-0.25, -0.2) is 5.53 Å². The van der Waals surface area contributed by atoms with Crippen LogP contribution in [0.3, 0.4) is 0 Å². The van der Waals surface area contributed by atoms with Gasteiger partial charge in [-0.05, 0) is 13.8 Å². The zero-order valence-electron chi connectivity index (χ0n) is 11.7. The highest BCUT2D eigenvalue weighted by atomic mass is 16.5. The first-order chi connectivity index (χ1) is 9.76. The van der Waals surface area contributed by atoms with E-state index < -0.39 is 0 Å². The molecule has 0 fully saturated rings. The average molecular weight is 276 g/mol. The summed E-state index contributed by atoms with van der Waals surface area (Å²) in [4.78, 5) is 0. The van der Waals surface area contributed by atoms with Crippen molar-refractivity contribution in [2.24, 2.45) is 11.0 Å². The molecule has 0 saturated carbocycles. The summed E-state index contributed by atoms with van der Waals surface area (Å²) in [6.45, 7) is 4.64. The lowest BCUT2D eigenvalue weighted by Crippen LogP contribution is -2.09. The smallest absolute Gasteiger partial charge is 0.149 e. The van der Waals surface area contributed by atoms with Gasteiger partial charge in [-0.1, -0.05) is 24.3 Å². The zero-order chi connectivity index (χ0) is 14.8. The van der Waals surface area contributed by atoms with Gasteiger partial charge >= 0.3 is 0 Å². The number of allylic oxidation sites excluding steroid dienone is 2. The van der Waals surface area contributed by atoms with Crippen molar-refractivity contribution in [2.75, 3.05) is 18.6 Å². The molecule has 0 aliphatic carbocycles. The Morgan fingerprint density at radius 2 is 1.75 bits per heavy atom. The van der Waals surface area contributed by atoms with Crippen LogP contribution in [0.25, 0.3) is 0 Å². The minimum atomic E-state index is 0.393. The lowest BCUT2D eigenvalue weighted by Gasteiger charge is -2.13. The Balaban J connectivity index is 2.99. The summed E-state index contributed by atoms with van der Waals surface area (Å²) in [6.07, 6.45) is 7.50. The molecule has 108 valence electrons. The molecule has 1 aromatic carbocycles. The van der Waals surface area contributed by atoms with Crippen LogP contribution >= 0.6 is 0 Å². The topological polar surface area (TPSA) is 92.7 Å². The van der Waals surface area contributed by atoms with Crippen LogP contribution in [0.2, 0.25) is 0 Å². The average Bonchev–Trinajstić information content (AvgIpc) is 2.48. The standard InChI is InChI=1S/C14H20N4O2/c1-3-5-7-19-13-9-12(18-16)14(10-11(13)17-15)20-8-6-4-2/h3-6,9-10,15,18H,7-8,16H2,1-2H3. The highest BCUT2D eigenvalue weighted by Gasteiger charge is 2.11. The molecule has 1 aromatic rings. The van der Waals surface area contributed by atoms with E-state index in [1.807, 2.05) is 38.2 Å². The predicted octanol–water partition coefficient (Wildman–Crippen LogP) is 3.54. The Morgan fingerprint density at radius 3 is 2.25 bits per heavy atom. The molecule has 0 heterocycles. The molecule has 0 unspecified atom stereocenters. The number of nitrogens with one attached hydrogen (secondary N) is 2. The molecule has 6 heteroatoms. The largest absolute Gasteiger partial charge is 0.487 e. The van der Waals surface area contributed by atoms with Gasteiger partial charge in [0.05, 0.1) is 5.69 Å². The summed E-state index contributed by atoms with van der Waals surface area (Å²) in [7, 11) is 0. The molecule has 0 saturated heterocycles. The van der Waals surface area contributed by atoms with Crippen molar-refractivity contribution >= 4 is 11.4 Å². The third-order valence-electron chi connectivity index (χ3n) is 2.48. The molecule has 4 N–H and O–H groups in total. The van der Waals surface area contributed by atoms with Crippen molar-refractivity contribution in [3.63, 3.8) is 0 Å². The predicted molar refractivity (Wildman–Crippen MR) is 79.7 cm³/mol. The van der Waals surface area contributed by atoms with Gasteiger partial charge in [-0.2, -0.15) is 5.11 Å². The fourth-order valence-electron chi connectivity index (χ4n) is 1.45. The number of hydrazine groups is 1. The highest BCUT2D eigenvalue weighted by molar-refractivity contribution is 5.68. The minimum absolute atomic E-state index is 0.393. The first-order valence-corrected chi connectivity index (χ1v) is 6.26. The first kappa shape index (κ1) is 15.7. The molecule has 0 bridgehead atoms. The molecule has 20 heavy (non-hydrogen) atoms. The molecular formula is C14H20N4O2. The van der Waals surface area contributed by atoms with Crippen molar-refractivity contribution in [2.45, 2.75) is 13.8 Å². The summed E-state index contributed by atoms with van der Waals surface area (Å²) in [5.74, 6) is 6.47. The van der Waals surface area contributed by atoms with Gasteiger partial charge in [0.2, 0.25) is 0 Å². The third kappa shape index (κ3) is 4.40. The fraction of sp³-hybridized carbons (Fsp3) is 0.286. The summed E-state index contributed by atoms with van der Waals surface area (Å²) in [6, 6.07) is 3.29. The number of nitrogen functional groups attached to an aromatic ring is 1. The maximum atomic E-state index is 7.21. The lowest BCUT2D eigenvalue weighted by molar-refractivity contribution is 0.354. The highest BCUT2D eigenvalue weighted by Crippen LogP contribution is 2.37. The Hall–Kier alpha value is -2.34. The number of anilines is 1. The number of hydrogen-bond donors (Lipinski definition) is 3. The first-order valence-electron chi connectivity index (χ1n) is 6.26. The molecule has 0 amide bonds. The Bertz CT molecular complexity index is 498. The molecule has 0 aliphatic heterocycles. The van der Waals surface area contributed by atoms with Crippen LogP contribution in [0.5, 0.6) is 11.5 Å². The molecule has 0 aromatic heterocycles. The molecule has 1 rings (SSSR count). The van der Waals surface area contributed by atoms with E-state index in [9.17, 15) is 0 Å². The second-order valence-electron chi connectivity index (χ2n) is 3.83. The molecular weight excluding hydrogens is 256 g/mol. The number of rotatable bonds is 8. The van der Waals surface area contributed by atoms with Crippen LogP contribution in [0, 0.1) is 5.53 Å². The summed E-state index contributed by atoms with van der Waals surface area (Å²) >= 11 is 0. The summed E-state index contributed by atoms with van der Waals surface area (Å²) in [5, 5.41) is 3.45. The monoisotopic (exact) mass is 276 g/mol. The van der Waals surface area contributed by atoms with Crippen LogP contribution in [-0.4, -0.2) is 13.2 Å². The second-order valence-corrected chi connectivity index (χ2v) is 3.83.